The molecule has 0 bridgehead atoms. The van der Waals surface area contributed by atoms with Gasteiger partial charge >= 0.3 is 0 Å². The number of rotatable bonds is 0. The summed E-state index contributed by atoms with van der Waals surface area (Å²) in [6.45, 7) is 6.25. The molecule has 0 aliphatic carbocycles. The van der Waals surface area contributed by atoms with Gasteiger partial charge in [-0.1, -0.05) is 37.3 Å². The van der Waals surface area contributed by atoms with Gasteiger partial charge < -0.3 is 0 Å². The van der Waals surface area contributed by atoms with Crippen LogP contribution < -0.4 is 0 Å². The average Bonchev–Trinajstić information content (AvgIpc) is 2.08. The molecule has 0 heteroatoms. The molecule has 0 nitrogen and oxygen atoms in total. The Hall–Kier alpha value is -1.70. The summed E-state index contributed by atoms with van der Waals surface area (Å²) in [4.78, 5) is 0. The Morgan fingerprint density at radius 1 is 1.09 bits per heavy atom. The van der Waals surface area contributed by atoms with Crippen LogP contribution in [0.15, 0.2) is 49.2 Å². The van der Waals surface area contributed by atoms with Crippen molar-refractivity contribution >= 4 is 0 Å². The number of hydrogen-bond donors (Lipinski definition) is 0. The summed E-state index contributed by atoms with van der Waals surface area (Å²) in [5, 5.41) is 0. The Balaban J connectivity index is 0.000000292. The van der Waals surface area contributed by atoms with E-state index in [4.69, 9.17) is 6.42 Å². The SMILES string of the molecule is C#Cc1ccccc1.C=C=C. The van der Waals surface area contributed by atoms with Gasteiger partial charge in [0.1, 0.15) is 0 Å². The van der Waals surface area contributed by atoms with Crippen LogP contribution in [0, 0.1) is 12.3 Å². The van der Waals surface area contributed by atoms with Crippen LogP contribution in [-0.2, 0) is 0 Å². The molecule has 0 radical (unpaired) electrons. The Morgan fingerprint density at radius 3 is 1.82 bits per heavy atom. The zero-order valence-electron chi connectivity index (χ0n) is 6.38. The van der Waals surface area contributed by atoms with E-state index in [2.05, 4.69) is 24.8 Å². The molecule has 0 aliphatic rings. The van der Waals surface area contributed by atoms with E-state index in [1.807, 2.05) is 30.3 Å². The van der Waals surface area contributed by atoms with E-state index in [-0.39, 0.29) is 0 Å². The molecule has 0 saturated heterocycles. The summed E-state index contributed by atoms with van der Waals surface area (Å²) >= 11 is 0. The van der Waals surface area contributed by atoms with Crippen LogP contribution in [0.1, 0.15) is 5.56 Å². The molecular weight excluding hydrogens is 132 g/mol. The second-order valence-electron chi connectivity index (χ2n) is 1.76. The molecule has 0 N–H and O–H groups in total. The van der Waals surface area contributed by atoms with E-state index in [0.29, 0.717) is 0 Å². The minimum absolute atomic E-state index is 0.938. The summed E-state index contributed by atoms with van der Waals surface area (Å²) in [5.74, 6) is 2.53. The van der Waals surface area contributed by atoms with E-state index >= 15 is 0 Å². The van der Waals surface area contributed by atoms with Crippen molar-refractivity contribution in [2.24, 2.45) is 0 Å². The van der Waals surface area contributed by atoms with E-state index in [9.17, 15) is 0 Å². The maximum Gasteiger partial charge on any atom is 0.0242 e. The summed E-state index contributed by atoms with van der Waals surface area (Å²) in [6.07, 6.45) is 5.10. The molecule has 0 unspecified atom stereocenters. The van der Waals surface area contributed by atoms with Gasteiger partial charge in [0.2, 0.25) is 0 Å². The third-order valence-electron chi connectivity index (χ3n) is 0.940. The van der Waals surface area contributed by atoms with Crippen molar-refractivity contribution in [1.29, 1.82) is 0 Å². The van der Waals surface area contributed by atoms with Gasteiger partial charge in [0.25, 0.3) is 0 Å². The third-order valence-corrected chi connectivity index (χ3v) is 0.940. The van der Waals surface area contributed by atoms with Gasteiger partial charge in [-0.3, -0.25) is 0 Å². The van der Waals surface area contributed by atoms with E-state index in [1.54, 1.807) is 0 Å². The smallest absolute Gasteiger partial charge is 0.0242 e. The van der Waals surface area contributed by atoms with E-state index < -0.39 is 0 Å². The summed E-state index contributed by atoms with van der Waals surface area (Å²) in [5.41, 5.74) is 3.19. The normalized spacial score (nSPS) is 6.45. The molecule has 0 spiro atoms. The van der Waals surface area contributed by atoms with E-state index in [1.165, 1.54) is 0 Å². The van der Waals surface area contributed by atoms with Gasteiger partial charge in [-0.15, -0.1) is 12.2 Å². The largest absolute Gasteiger partial charge is 0.137 e. The fourth-order valence-electron chi connectivity index (χ4n) is 0.534. The summed E-state index contributed by atoms with van der Waals surface area (Å²) in [6, 6.07) is 9.60. The van der Waals surface area contributed by atoms with Gasteiger partial charge in [-0.2, -0.15) is 0 Å². The standard InChI is InChI=1S/C8H6.C3H4/c1-2-8-6-4-3-5-7-8;1-3-2/h1,3-7H;1-2H2. The lowest BCUT2D eigenvalue weighted by Crippen LogP contribution is -1.66. The van der Waals surface area contributed by atoms with Crippen LogP contribution in [0.3, 0.4) is 0 Å². The molecule has 1 aromatic rings. The van der Waals surface area contributed by atoms with Crippen molar-refractivity contribution < 1.29 is 0 Å². The van der Waals surface area contributed by atoms with Crippen LogP contribution in [0.25, 0.3) is 0 Å². The Kier molecular flexibility index (Phi) is 5.43. The Bertz CT molecular complexity index is 256. The highest BCUT2D eigenvalue weighted by Gasteiger charge is 1.76. The topological polar surface area (TPSA) is 0 Å². The lowest BCUT2D eigenvalue weighted by molar-refractivity contribution is 1.65. The molecule has 11 heavy (non-hydrogen) atoms. The van der Waals surface area contributed by atoms with Crippen LogP contribution >= 0.6 is 0 Å². The molecule has 1 aromatic carbocycles. The molecular formula is C11H10. The van der Waals surface area contributed by atoms with Crippen molar-refractivity contribution in [3.05, 3.63) is 54.8 Å². The lowest BCUT2D eigenvalue weighted by Gasteiger charge is -1.82. The van der Waals surface area contributed by atoms with Gasteiger partial charge in [-0.25, -0.2) is 0 Å². The predicted molar refractivity (Wildman–Crippen MR) is 49.1 cm³/mol. The molecule has 0 aromatic heterocycles. The van der Waals surface area contributed by atoms with Crippen molar-refractivity contribution in [1.82, 2.24) is 0 Å². The second-order valence-corrected chi connectivity index (χ2v) is 1.76. The third kappa shape index (κ3) is 4.78. The molecule has 0 fully saturated rings. The highest BCUT2D eigenvalue weighted by Crippen LogP contribution is 1.92. The first-order valence-electron chi connectivity index (χ1n) is 3.16. The molecule has 0 aliphatic heterocycles. The van der Waals surface area contributed by atoms with Crippen molar-refractivity contribution in [3.8, 4) is 12.3 Å². The molecule has 0 saturated carbocycles. The first-order chi connectivity index (χ1) is 5.35. The zero-order valence-corrected chi connectivity index (χ0v) is 6.38. The van der Waals surface area contributed by atoms with Crippen molar-refractivity contribution in [2.75, 3.05) is 0 Å². The fourth-order valence-corrected chi connectivity index (χ4v) is 0.534. The Morgan fingerprint density at radius 2 is 1.55 bits per heavy atom. The van der Waals surface area contributed by atoms with Crippen molar-refractivity contribution in [2.45, 2.75) is 0 Å². The second kappa shape index (κ2) is 6.42. The molecule has 0 amide bonds. The maximum atomic E-state index is 5.10. The minimum Gasteiger partial charge on any atom is -0.137 e. The monoisotopic (exact) mass is 142 g/mol. The molecule has 1 rings (SSSR count). The van der Waals surface area contributed by atoms with E-state index in [0.717, 1.165) is 5.56 Å². The number of hydrogen-bond acceptors (Lipinski definition) is 0. The first-order valence-corrected chi connectivity index (χ1v) is 3.16. The quantitative estimate of drug-likeness (QED) is 0.386. The van der Waals surface area contributed by atoms with Crippen LogP contribution in [0.5, 0.6) is 0 Å². The maximum absolute atomic E-state index is 5.10. The van der Waals surface area contributed by atoms with Gasteiger partial charge in [0.05, 0.1) is 0 Å². The number of benzene rings is 1. The highest BCUT2D eigenvalue weighted by molar-refractivity contribution is 5.30. The highest BCUT2D eigenvalue weighted by atomic mass is 13.8. The average molecular weight is 142 g/mol. The van der Waals surface area contributed by atoms with Crippen LogP contribution in [-0.4, -0.2) is 0 Å². The molecule has 0 atom stereocenters. The molecule has 54 valence electrons. The summed E-state index contributed by atoms with van der Waals surface area (Å²) in [7, 11) is 0. The zero-order chi connectivity index (χ0) is 8.53. The molecule has 0 heterocycles. The predicted octanol–water partition coefficient (Wildman–Crippen LogP) is 2.63. The fraction of sp³-hybridized carbons (Fsp3) is 0. The van der Waals surface area contributed by atoms with Gasteiger partial charge in [0, 0.05) is 5.56 Å². The minimum atomic E-state index is 0.938. The van der Waals surface area contributed by atoms with Gasteiger partial charge in [-0.05, 0) is 12.1 Å². The van der Waals surface area contributed by atoms with Gasteiger partial charge in [0.15, 0.2) is 0 Å². The van der Waals surface area contributed by atoms with Crippen LogP contribution in [0.4, 0.5) is 0 Å². The first kappa shape index (κ1) is 9.30. The van der Waals surface area contributed by atoms with Crippen LogP contribution in [0.2, 0.25) is 0 Å². The lowest BCUT2D eigenvalue weighted by atomic mass is 10.2. The van der Waals surface area contributed by atoms with Crippen molar-refractivity contribution in [3.63, 3.8) is 0 Å². The Labute approximate surface area is 67.9 Å². The summed E-state index contributed by atoms with van der Waals surface area (Å²) < 4.78 is 0. The number of terminal acetylenes is 1.